The van der Waals surface area contributed by atoms with Crippen LogP contribution in [-0.2, 0) is 9.53 Å². The van der Waals surface area contributed by atoms with E-state index >= 15 is 0 Å². The van der Waals surface area contributed by atoms with Gasteiger partial charge in [-0.3, -0.25) is 4.90 Å². The molecule has 0 bridgehead atoms. The molecule has 1 aromatic rings. The highest BCUT2D eigenvalue weighted by atomic mass is 16.6. The van der Waals surface area contributed by atoms with Crippen molar-refractivity contribution in [2.75, 3.05) is 4.90 Å². The second kappa shape index (κ2) is 4.33. The van der Waals surface area contributed by atoms with Gasteiger partial charge < -0.3 is 9.84 Å². The molecule has 0 radical (unpaired) electrons. The summed E-state index contributed by atoms with van der Waals surface area (Å²) < 4.78 is 5.02. The molecule has 1 fully saturated rings. The molecule has 1 aliphatic heterocycles. The average Bonchev–Trinajstić information content (AvgIpc) is 2.54. The molecule has 0 aliphatic carbocycles. The van der Waals surface area contributed by atoms with Crippen LogP contribution in [0.5, 0.6) is 0 Å². The van der Waals surface area contributed by atoms with E-state index in [1.807, 2.05) is 32.0 Å². The van der Waals surface area contributed by atoms with Crippen molar-refractivity contribution in [3.05, 3.63) is 29.3 Å². The van der Waals surface area contributed by atoms with Crippen LogP contribution in [0.25, 0.3) is 0 Å². The Kier molecular flexibility index (Phi) is 2.98. The Hall–Kier alpha value is -2.04. The molecule has 2 unspecified atom stereocenters. The van der Waals surface area contributed by atoms with Crippen molar-refractivity contribution < 1.29 is 19.4 Å². The maximum absolute atomic E-state index is 11.8. The molecule has 5 heteroatoms. The van der Waals surface area contributed by atoms with Gasteiger partial charge in [0, 0.05) is 0 Å². The number of carboxylic acids is 1. The minimum Gasteiger partial charge on any atom is -0.480 e. The van der Waals surface area contributed by atoms with E-state index in [0.29, 0.717) is 5.69 Å². The van der Waals surface area contributed by atoms with E-state index in [4.69, 9.17) is 4.74 Å². The molecule has 1 heterocycles. The van der Waals surface area contributed by atoms with Crippen LogP contribution < -0.4 is 4.90 Å². The van der Waals surface area contributed by atoms with Crippen molar-refractivity contribution in [2.45, 2.75) is 32.9 Å². The Morgan fingerprint density at radius 3 is 2.39 bits per heavy atom. The number of hydrogen-bond donors (Lipinski definition) is 1. The zero-order chi connectivity index (χ0) is 13.4. The molecule has 0 saturated carbocycles. The summed E-state index contributed by atoms with van der Waals surface area (Å²) in [5.74, 6) is -1.06. The first-order valence-corrected chi connectivity index (χ1v) is 5.72. The van der Waals surface area contributed by atoms with Crippen molar-refractivity contribution >= 4 is 17.7 Å². The van der Waals surface area contributed by atoms with Gasteiger partial charge >= 0.3 is 12.1 Å². The Balaban J connectivity index is 2.54. The van der Waals surface area contributed by atoms with Gasteiger partial charge in [0.1, 0.15) is 6.10 Å². The Bertz CT molecular complexity index is 491. The molecule has 1 amide bonds. The fourth-order valence-electron chi connectivity index (χ4n) is 2.33. The summed E-state index contributed by atoms with van der Waals surface area (Å²) in [5.41, 5.74) is 2.33. The number of aliphatic carboxylic acids is 1. The summed E-state index contributed by atoms with van der Waals surface area (Å²) in [6, 6.07) is 4.58. The Labute approximate surface area is 105 Å². The Morgan fingerprint density at radius 2 is 1.89 bits per heavy atom. The molecule has 2 rings (SSSR count). The number of amides is 1. The van der Waals surface area contributed by atoms with Gasteiger partial charge in [-0.15, -0.1) is 0 Å². The van der Waals surface area contributed by atoms with Gasteiger partial charge in [-0.2, -0.15) is 0 Å². The second-order valence-corrected chi connectivity index (χ2v) is 4.48. The minimum absolute atomic E-state index is 0.604. The van der Waals surface area contributed by atoms with E-state index in [0.717, 1.165) is 11.1 Å². The lowest BCUT2D eigenvalue weighted by molar-refractivity contribution is -0.139. The normalized spacial score (nSPS) is 23.1. The number of ether oxygens (including phenoxy) is 1. The number of anilines is 1. The molecule has 96 valence electrons. The SMILES string of the molecule is Cc1cccc(C)c1N1C(=O)OC(C)C1C(=O)O. The summed E-state index contributed by atoms with van der Waals surface area (Å²) in [7, 11) is 0. The van der Waals surface area contributed by atoms with Gasteiger partial charge in [-0.1, -0.05) is 18.2 Å². The lowest BCUT2D eigenvalue weighted by atomic mass is 10.1. The number of rotatable bonds is 2. The first-order chi connectivity index (χ1) is 8.43. The summed E-state index contributed by atoms with van der Waals surface area (Å²) in [4.78, 5) is 24.4. The molecule has 1 aliphatic rings. The van der Waals surface area contributed by atoms with Crippen LogP contribution in [0, 0.1) is 13.8 Å². The van der Waals surface area contributed by atoms with Crippen LogP contribution in [0.15, 0.2) is 18.2 Å². The fraction of sp³-hybridized carbons (Fsp3) is 0.385. The van der Waals surface area contributed by atoms with Crippen LogP contribution in [0.2, 0.25) is 0 Å². The molecule has 0 spiro atoms. The summed E-state index contributed by atoms with van der Waals surface area (Å²) in [6.07, 6.45) is -1.26. The van der Waals surface area contributed by atoms with Crippen molar-refractivity contribution in [3.8, 4) is 0 Å². The van der Waals surface area contributed by atoms with Crippen molar-refractivity contribution in [3.63, 3.8) is 0 Å². The predicted octanol–water partition coefficient (Wildman–Crippen LogP) is 2.10. The van der Waals surface area contributed by atoms with E-state index < -0.39 is 24.2 Å². The van der Waals surface area contributed by atoms with Gasteiger partial charge in [0.25, 0.3) is 0 Å². The number of para-hydroxylation sites is 1. The molecular formula is C13H15NO4. The van der Waals surface area contributed by atoms with E-state index in [1.165, 1.54) is 4.90 Å². The van der Waals surface area contributed by atoms with Gasteiger partial charge in [-0.05, 0) is 31.9 Å². The van der Waals surface area contributed by atoms with Crippen LogP contribution in [0.4, 0.5) is 10.5 Å². The monoisotopic (exact) mass is 249 g/mol. The summed E-state index contributed by atoms with van der Waals surface area (Å²) >= 11 is 0. The third-order valence-electron chi connectivity index (χ3n) is 3.14. The maximum Gasteiger partial charge on any atom is 0.415 e. The molecule has 1 aromatic carbocycles. The predicted molar refractivity (Wildman–Crippen MR) is 65.8 cm³/mol. The van der Waals surface area contributed by atoms with Crippen LogP contribution in [0.1, 0.15) is 18.1 Å². The van der Waals surface area contributed by atoms with Crippen molar-refractivity contribution in [1.29, 1.82) is 0 Å². The number of cyclic esters (lactones) is 1. The standard InChI is InChI=1S/C13H15NO4/c1-7-5-4-6-8(2)10(7)14-11(12(15)16)9(3)18-13(14)17/h4-6,9,11H,1-3H3,(H,15,16). The molecule has 2 atom stereocenters. The largest absolute Gasteiger partial charge is 0.480 e. The molecule has 5 nitrogen and oxygen atoms in total. The number of nitrogens with zero attached hydrogens (tertiary/aromatic N) is 1. The average molecular weight is 249 g/mol. The molecule has 18 heavy (non-hydrogen) atoms. The number of benzene rings is 1. The number of carbonyl (C=O) groups excluding carboxylic acids is 1. The van der Waals surface area contributed by atoms with Crippen molar-refractivity contribution in [1.82, 2.24) is 0 Å². The second-order valence-electron chi connectivity index (χ2n) is 4.48. The lowest BCUT2D eigenvalue weighted by Crippen LogP contribution is -2.42. The first-order valence-electron chi connectivity index (χ1n) is 5.72. The van der Waals surface area contributed by atoms with E-state index in [9.17, 15) is 14.7 Å². The van der Waals surface area contributed by atoms with E-state index in [2.05, 4.69) is 0 Å². The number of hydrogen-bond acceptors (Lipinski definition) is 3. The number of carbonyl (C=O) groups is 2. The van der Waals surface area contributed by atoms with E-state index in [1.54, 1.807) is 6.92 Å². The molecule has 1 saturated heterocycles. The van der Waals surface area contributed by atoms with Gasteiger partial charge in [-0.25, -0.2) is 9.59 Å². The highest BCUT2D eigenvalue weighted by Gasteiger charge is 2.45. The smallest absolute Gasteiger partial charge is 0.415 e. The van der Waals surface area contributed by atoms with Crippen LogP contribution >= 0.6 is 0 Å². The summed E-state index contributed by atoms with van der Waals surface area (Å²) in [6.45, 7) is 5.28. The zero-order valence-corrected chi connectivity index (χ0v) is 10.5. The van der Waals surface area contributed by atoms with Gasteiger partial charge in [0.05, 0.1) is 5.69 Å². The van der Waals surface area contributed by atoms with Crippen molar-refractivity contribution in [2.24, 2.45) is 0 Å². The fourth-order valence-corrected chi connectivity index (χ4v) is 2.33. The highest BCUT2D eigenvalue weighted by Crippen LogP contribution is 2.32. The minimum atomic E-state index is -1.06. The van der Waals surface area contributed by atoms with Gasteiger partial charge in [0.15, 0.2) is 6.04 Å². The topological polar surface area (TPSA) is 66.8 Å². The zero-order valence-electron chi connectivity index (χ0n) is 10.5. The van der Waals surface area contributed by atoms with E-state index in [-0.39, 0.29) is 0 Å². The third-order valence-corrected chi connectivity index (χ3v) is 3.14. The highest BCUT2D eigenvalue weighted by molar-refractivity contribution is 5.99. The quantitative estimate of drug-likeness (QED) is 0.871. The number of aryl methyl sites for hydroxylation is 2. The third kappa shape index (κ3) is 1.81. The van der Waals surface area contributed by atoms with Crippen LogP contribution in [0.3, 0.4) is 0 Å². The molecule has 1 N–H and O–H groups in total. The van der Waals surface area contributed by atoms with Crippen LogP contribution in [-0.4, -0.2) is 29.3 Å². The maximum atomic E-state index is 11.8. The summed E-state index contributed by atoms with van der Waals surface area (Å²) in [5, 5.41) is 9.24. The molecule has 0 aromatic heterocycles. The first kappa shape index (κ1) is 12.4. The lowest BCUT2D eigenvalue weighted by Gasteiger charge is -2.23. The number of carboxylic acid groups (broad SMARTS) is 1. The Morgan fingerprint density at radius 1 is 1.33 bits per heavy atom. The molecular weight excluding hydrogens is 234 g/mol. The van der Waals surface area contributed by atoms with Gasteiger partial charge in [0.2, 0.25) is 0 Å².